The van der Waals surface area contributed by atoms with E-state index in [1.54, 1.807) is 0 Å². The number of hydrogen-bond donors (Lipinski definition) is 1. The van der Waals surface area contributed by atoms with Crippen LogP contribution in [0.2, 0.25) is 0 Å². The molecule has 0 spiro atoms. The van der Waals surface area contributed by atoms with E-state index in [9.17, 15) is 9.00 Å². The first-order valence-corrected chi connectivity index (χ1v) is 7.12. The highest BCUT2D eigenvalue weighted by Crippen LogP contribution is 2.30. The minimum atomic E-state index is -0.938. The third kappa shape index (κ3) is 3.93. The third-order valence-corrected chi connectivity index (χ3v) is 5.12. The van der Waals surface area contributed by atoms with Crippen LogP contribution in [-0.2, 0) is 15.6 Å². The second kappa shape index (κ2) is 6.26. The van der Waals surface area contributed by atoms with Crippen LogP contribution in [0, 0.1) is 5.92 Å². The van der Waals surface area contributed by atoms with Gasteiger partial charge in [-0.15, -0.1) is 0 Å². The molecular weight excluding hydrogens is 212 g/mol. The normalized spacial score (nSPS) is 28.6. The maximum Gasteiger partial charge on any atom is 0.304 e. The summed E-state index contributed by atoms with van der Waals surface area (Å²) in [7, 11) is -0.938. The molecule has 3 atom stereocenters. The predicted molar refractivity (Wildman–Crippen MR) is 61.3 cm³/mol. The van der Waals surface area contributed by atoms with Crippen LogP contribution < -0.4 is 0 Å². The average molecular weight is 232 g/mol. The number of carbonyl (C=O) groups is 1. The largest absolute Gasteiger partial charge is 0.481 e. The van der Waals surface area contributed by atoms with E-state index in [4.69, 9.17) is 5.11 Å². The van der Waals surface area contributed by atoms with E-state index in [0.717, 1.165) is 19.3 Å². The van der Waals surface area contributed by atoms with Gasteiger partial charge in [-0.25, -0.2) is 0 Å². The first-order chi connectivity index (χ1) is 7.15. The van der Waals surface area contributed by atoms with Crippen LogP contribution in [0.25, 0.3) is 0 Å². The summed E-state index contributed by atoms with van der Waals surface area (Å²) in [4.78, 5) is 10.4. The summed E-state index contributed by atoms with van der Waals surface area (Å²) in [6.07, 6.45) is 5.69. The lowest BCUT2D eigenvalue weighted by molar-refractivity contribution is -0.136. The van der Waals surface area contributed by atoms with Crippen molar-refractivity contribution in [3.05, 3.63) is 0 Å². The smallest absolute Gasteiger partial charge is 0.304 e. The Morgan fingerprint density at radius 3 is 2.67 bits per heavy atom. The van der Waals surface area contributed by atoms with Crippen LogP contribution >= 0.6 is 0 Å². The fraction of sp³-hybridized carbons (Fsp3) is 0.909. The van der Waals surface area contributed by atoms with Gasteiger partial charge in [-0.3, -0.25) is 9.00 Å². The summed E-state index contributed by atoms with van der Waals surface area (Å²) in [5.74, 6) is 0.0387. The molecule has 0 amide bonds. The molecule has 0 heterocycles. The van der Waals surface area contributed by atoms with Gasteiger partial charge in [0.2, 0.25) is 0 Å². The van der Waals surface area contributed by atoms with Crippen molar-refractivity contribution >= 4 is 16.8 Å². The molecule has 1 saturated carbocycles. The van der Waals surface area contributed by atoms with Gasteiger partial charge < -0.3 is 5.11 Å². The van der Waals surface area contributed by atoms with Crippen molar-refractivity contribution in [3.8, 4) is 0 Å². The van der Waals surface area contributed by atoms with Gasteiger partial charge in [0.1, 0.15) is 0 Å². The standard InChI is InChI=1S/C11H20O3S/c1-2-9-5-3-4-6-10(9)15(14)8-7-11(12)13/h9-10H,2-8H2,1H3,(H,12,13). The Labute approximate surface area is 93.7 Å². The zero-order chi connectivity index (χ0) is 11.3. The number of aliphatic carboxylic acids is 1. The van der Waals surface area contributed by atoms with Gasteiger partial charge in [0, 0.05) is 21.8 Å². The summed E-state index contributed by atoms with van der Waals surface area (Å²) in [5, 5.41) is 8.80. The molecule has 1 fully saturated rings. The van der Waals surface area contributed by atoms with Crippen LogP contribution in [0.3, 0.4) is 0 Å². The lowest BCUT2D eigenvalue weighted by Gasteiger charge is -2.29. The zero-order valence-electron chi connectivity index (χ0n) is 9.28. The van der Waals surface area contributed by atoms with Crippen molar-refractivity contribution in [3.63, 3.8) is 0 Å². The van der Waals surface area contributed by atoms with Crippen LogP contribution in [0.1, 0.15) is 45.4 Å². The molecule has 1 N–H and O–H groups in total. The molecule has 15 heavy (non-hydrogen) atoms. The third-order valence-electron chi connectivity index (χ3n) is 3.22. The van der Waals surface area contributed by atoms with Gasteiger partial charge in [-0.05, 0) is 18.8 Å². The van der Waals surface area contributed by atoms with Gasteiger partial charge in [-0.2, -0.15) is 0 Å². The molecule has 1 rings (SSSR count). The second-order valence-corrected chi connectivity index (χ2v) is 6.00. The van der Waals surface area contributed by atoms with E-state index >= 15 is 0 Å². The van der Waals surface area contributed by atoms with E-state index < -0.39 is 16.8 Å². The fourth-order valence-corrected chi connectivity index (χ4v) is 4.19. The highest BCUT2D eigenvalue weighted by atomic mass is 32.2. The molecule has 0 aliphatic heterocycles. The minimum Gasteiger partial charge on any atom is -0.481 e. The quantitative estimate of drug-likeness (QED) is 0.790. The Bertz CT molecular complexity index is 240. The summed E-state index contributed by atoms with van der Waals surface area (Å²) in [5.41, 5.74) is 0. The predicted octanol–water partition coefficient (Wildman–Crippen LogP) is 2.18. The molecule has 0 bridgehead atoms. The van der Waals surface area contributed by atoms with E-state index in [2.05, 4.69) is 6.92 Å². The lowest BCUT2D eigenvalue weighted by Crippen LogP contribution is -2.30. The summed E-state index contributed by atoms with van der Waals surface area (Å²) >= 11 is 0. The lowest BCUT2D eigenvalue weighted by atomic mass is 9.87. The molecule has 0 aromatic rings. The monoisotopic (exact) mass is 232 g/mol. The van der Waals surface area contributed by atoms with Crippen LogP contribution in [-0.4, -0.2) is 26.3 Å². The Kier molecular flexibility index (Phi) is 5.29. The molecule has 0 aromatic heterocycles. The van der Waals surface area contributed by atoms with Gasteiger partial charge in [0.15, 0.2) is 0 Å². The maximum absolute atomic E-state index is 11.9. The molecule has 1 aliphatic carbocycles. The van der Waals surface area contributed by atoms with Gasteiger partial charge in [0.25, 0.3) is 0 Å². The number of rotatable bonds is 5. The van der Waals surface area contributed by atoms with E-state index in [0.29, 0.717) is 11.7 Å². The summed E-state index contributed by atoms with van der Waals surface area (Å²) in [6, 6.07) is 0. The van der Waals surface area contributed by atoms with Crippen molar-refractivity contribution in [1.29, 1.82) is 0 Å². The van der Waals surface area contributed by atoms with Crippen molar-refractivity contribution in [2.45, 2.75) is 50.7 Å². The highest BCUT2D eigenvalue weighted by molar-refractivity contribution is 7.85. The van der Waals surface area contributed by atoms with Crippen LogP contribution in [0.4, 0.5) is 0 Å². The average Bonchev–Trinajstić information content (AvgIpc) is 2.25. The maximum atomic E-state index is 11.9. The van der Waals surface area contributed by atoms with E-state index in [1.807, 2.05) is 0 Å². The minimum absolute atomic E-state index is 0.0412. The topological polar surface area (TPSA) is 54.4 Å². The van der Waals surface area contributed by atoms with Gasteiger partial charge in [-0.1, -0.05) is 26.2 Å². The number of hydrogen-bond acceptors (Lipinski definition) is 2. The summed E-state index contributed by atoms with van der Waals surface area (Å²) < 4.78 is 11.9. The molecule has 4 heteroatoms. The molecule has 0 radical (unpaired) electrons. The Morgan fingerprint density at radius 1 is 1.40 bits per heavy atom. The van der Waals surface area contributed by atoms with E-state index in [-0.39, 0.29) is 11.7 Å². The van der Waals surface area contributed by atoms with Gasteiger partial charge >= 0.3 is 5.97 Å². The zero-order valence-corrected chi connectivity index (χ0v) is 10.1. The first kappa shape index (κ1) is 12.7. The molecule has 0 saturated heterocycles. The van der Waals surface area contributed by atoms with Crippen molar-refractivity contribution in [1.82, 2.24) is 0 Å². The molecular formula is C11H20O3S. The second-order valence-electron chi connectivity index (χ2n) is 4.22. The van der Waals surface area contributed by atoms with Crippen LogP contribution in [0.5, 0.6) is 0 Å². The molecule has 0 aromatic carbocycles. The number of carboxylic acids is 1. The van der Waals surface area contributed by atoms with Gasteiger partial charge in [0.05, 0.1) is 6.42 Å². The first-order valence-electron chi connectivity index (χ1n) is 5.74. The molecule has 3 nitrogen and oxygen atoms in total. The van der Waals surface area contributed by atoms with Crippen molar-refractivity contribution in [2.24, 2.45) is 5.92 Å². The van der Waals surface area contributed by atoms with E-state index in [1.165, 1.54) is 12.8 Å². The van der Waals surface area contributed by atoms with Crippen molar-refractivity contribution < 1.29 is 14.1 Å². The fourth-order valence-electron chi connectivity index (χ4n) is 2.33. The highest BCUT2D eigenvalue weighted by Gasteiger charge is 2.28. The van der Waals surface area contributed by atoms with Crippen LogP contribution in [0.15, 0.2) is 0 Å². The Hall–Kier alpha value is -0.380. The Balaban J connectivity index is 2.44. The molecule has 3 unspecified atom stereocenters. The summed E-state index contributed by atoms with van der Waals surface area (Å²) in [6.45, 7) is 2.14. The molecule has 88 valence electrons. The number of carboxylic acid groups (broad SMARTS) is 1. The molecule has 1 aliphatic rings. The Morgan fingerprint density at radius 2 is 2.07 bits per heavy atom. The SMILES string of the molecule is CCC1CCCCC1S(=O)CCC(=O)O. The van der Waals surface area contributed by atoms with Crippen molar-refractivity contribution in [2.75, 3.05) is 5.75 Å².